The van der Waals surface area contributed by atoms with Crippen LogP contribution in [-0.2, 0) is 22.4 Å². The average molecular weight is 390 g/mol. The van der Waals surface area contributed by atoms with Gasteiger partial charge in [-0.1, -0.05) is 17.7 Å². The van der Waals surface area contributed by atoms with Gasteiger partial charge < -0.3 is 10.2 Å². The first kappa shape index (κ1) is 17.5. The molecule has 26 heavy (non-hydrogen) atoms. The molecule has 2 heterocycles. The summed E-state index contributed by atoms with van der Waals surface area (Å²) in [4.78, 5) is 32.5. The summed E-state index contributed by atoms with van der Waals surface area (Å²) >= 11 is 7.74. The maximum absolute atomic E-state index is 12.6. The van der Waals surface area contributed by atoms with Crippen molar-refractivity contribution in [1.82, 2.24) is 4.98 Å². The van der Waals surface area contributed by atoms with E-state index in [0.29, 0.717) is 16.7 Å². The number of benzene rings is 1. The Hall–Kier alpha value is -1.92. The van der Waals surface area contributed by atoms with Crippen LogP contribution in [0.3, 0.4) is 0 Å². The molecule has 1 aromatic heterocycles. The van der Waals surface area contributed by atoms with Gasteiger partial charge in [0.1, 0.15) is 0 Å². The standard InChI is InChI=1S/C19H20ClN3O2S/c1-11-6-7-13(9-14(11)20)23-10-12(8-17(23)24)18(25)22-19-21-15-4-2-3-5-16(15)26-19/h6-7,9,12H,2-5,8,10H2,1H3,(H,21,22,25). The molecular weight excluding hydrogens is 370 g/mol. The van der Waals surface area contributed by atoms with Crippen molar-refractivity contribution in [2.75, 3.05) is 16.8 Å². The van der Waals surface area contributed by atoms with E-state index < -0.39 is 0 Å². The van der Waals surface area contributed by atoms with E-state index in [1.807, 2.05) is 19.1 Å². The minimum absolute atomic E-state index is 0.0523. The molecule has 2 amide bonds. The molecule has 1 atom stereocenters. The zero-order chi connectivity index (χ0) is 18.3. The number of nitrogens with one attached hydrogen (secondary N) is 1. The third-order valence-corrected chi connectivity index (χ3v) is 6.52. The van der Waals surface area contributed by atoms with Crippen LogP contribution in [-0.4, -0.2) is 23.3 Å². The van der Waals surface area contributed by atoms with Crippen LogP contribution >= 0.6 is 22.9 Å². The number of nitrogens with zero attached hydrogens (tertiary/aromatic N) is 2. The maximum atomic E-state index is 12.6. The number of anilines is 2. The summed E-state index contributed by atoms with van der Waals surface area (Å²) in [6.45, 7) is 2.29. The summed E-state index contributed by atoms with van der Waals surface area (Å²) in [5.74, 6) is -0.558. The first-order valence-corrected chi connectivity index (χ1v) is 10.1. The van der Waals surface area contributed by atoms with Crippen LogP contribution in [0, 0.1) is 12.8 Å². The molecule has 1 aliphatic heterocycles. The minimum Gasteiger partial charge on any atom is -0.312 e. The molecule has 136 valence electrons. The number of thiazole rings is 1. The number of amides is 2. The summed E-state index contributed by atoms with van der Waals surface area (Å²) in [5.41, 5.74) is 2.82. The highest BCUT2D eigenvalue weighted by Crippen LogP contribution is 2.32. The van der Waals surface area contributed by atoms with Gasteiger partial charge in [0.15, 0.2) is 5.13 Å². The number of carbonyl (C=O) groups excluding carboxylic acids is 2. The molecule has 1 unspecified atom stereocenters. The van der Waals surface area contributed by atoms with Crippen LogP contribution in [0.5, 0.6) is 0 Å². The molecule has 1 N–H and O–H groups in total. The van der Waals surface area contributed by atoms with Crippen molar-refractivity contribution >= 4 is 45.6 Å². The molecular formula is C19H20ClN3O2S. The second kappa shape index (κ2) is 7.00. The van der Waals surface area contributed by atoms with Crippen molar-refractivity contribution in [2.24, 2.45) is 5.92 Å². The lowest BCUT2D eigenvalue weighted by Gasteiger charge is -2.17. The molecule has 0 radical (unpaired) electrons. The van der Waals surface area contributed by atoms with Gasteiger partial charge in [-0.25, -0.2) is 4.98 Å². The lowest BCUT2D eigenvalue weighted by Crippen LogP contribution is -2.28. The molecule has 0 bridgehead atoms. The maximum Gasteiger partial charge on any atom is 0.231 e. The number of halogens is 1. The number of carbonyl (C=O) groups is 2. The Morgan fingerprint density at radius 2 is 2.15 bits per heavy atom. The number of hydrogen-bond acceptors (Lipinski definition) is 4. The Kier molecular flexibility index (Phi) is 4.71. The van der Waals surface area contributed by atoms with Gasteiger partial charge in [-0.05, 0) is 50.3 Å². The van der Waals surface area contributed by atoms with Crippen LogP contribution in [0.4, 0.5) is 10.8 Å². The van der Waals surface area contributed by atoms with Gasteiger partial charge in [-0.15, -0.1) is 11.3 Å². The number of fused-ring (bicyclic) bond motifs is 1. The highest BCUT2D eigenvalue weighted by molar-refractivity contribution is 7.15. The van der Waals surface area contributed by atoms with E-state index in [-0.39, 0.29) is 24.2 Å². The Morgan fingerprint density at radius 3 is 2.92 bits per heavy atom. The Bertz CT molecular complexity index is 856. The largest absolute Gasteiger partial charge is 0.312 e. The Balaban J connectivity index is 1.45. The van der Waals surface area contributed by atoms with Gasteiger partial charge in [-0.2, -0.15) is 0 Å². The molecule has 7 heteroatoms. The van der Waals surface area contributed by atoms with Crippen LogP contribution < -0.4 is 10.2 Å². The van der Waals surface area contributed by atoms with E-state index >= 15 is 0 Å². The van der Waals surface area contributed by atoms with Crippen molar-refractivity contribution in [3.8, 4) is 0 Å². The Morgan fingerprint density at radius 1 is 1.35 bits per heavy atom. The van der Waals surface area contributed by atoms with E-state index in [0.717, 1.165) is 36.2 Å². The molecule has 1 fully saturated rings. The fourth-order valence-corrected chi connectivity index (χ4v) is 4.72. The van der Waals surface area contributed by atoms with E-state index in [1.165, 1.54) is 11.3 Å². The van der Waals surface area contributed by atoms with Gasteiger partial charge in [0.2, 0.25) is 11.8 Å². The van der Waals surface area contributed by atoms with Crippen molar-refractivity contribution < 1.29 is 9.59 Å². The molecule has 5 nitrogen and oxygen atoms in total. The van der Waals surface area contributed by atoms with E-state index in [4.69, 9.17) is 11.6 Å². The molecule has 4 rings (SSSR count). The lowest BCUT2D eigenvalue weighted by molar-refractivity contribution is -0.122. The summed E-state index contributed by atoms with van der Waals surface area (Å²) < 4.78 is 0. The first-order chi connectivity index (χ1) is 12.5. The smallest absolute Gasteiger partial charge is 0.231 e. The molecule has 1 saturated heterocycles. The van der Waals surface area contributed by atoms with Crippen molar-refractivity contribution in [2.45, 2.75) is 39.0 Å². The molecule has 1 aromatic carbocycles. The summed E-state index contributed by atoms with van der Waals surface area (Å²) in [5, 5.41) is 4.20. The van der Waals surface area contributed by atoms with Crippen LogP contribution in [0.1, 0.15) is 35.4 Å². The molecule has 1 aliphatic carbocycles. The zero-order valence-electron chi connectivity index (χ0n) is 14.5. The van der Waals surface area contributed by atoms with Crippen LogP contribution in [0.15, 0.2) is 18.2 Å². The van der Waals surface area contributed by atoms with Crippen LogP contribution in [0.2, 0.25) is 5.02 Å². The molecule has 0 saturated carbocycles. The van der Waals surface area contributed by atoms with Gasteiger partial charge in [-0.3, -0.25) is 9.59 Å². The van der Waals surface area contributed by atoms with Gasteiger partial charge in [0, 0.05) is 28.6 Å². The predicted molar refractivity (Wildman–Crippen MR) is 104 cm³/mol. The summed E-state index contributed by atoms with van der Waals surface area (Å²) in [6, 6.07) is 5.54. The van der Waals surface area contributed by atoms with Gasteiger partial charge in [0.05, 0.1) is 11.6 Å². The third kappa shape index (κ3) is 3.35. The predicted octanol–water partition coefficient (Wildman–Crippen LogP) is 3.98. The average Bonchev–Trinajstić information content (AvgIpc) is 3.20. The fraction of sp³-hybridized carbons (Fsp3) is 0.421. The third-order valence-electron chi connectivity index (χ3n) is 5.04. The monoisotopic (exact) mass is 389 g/mol. The fourth-order valence-electron chi connectivity index (χ4n) is 3.50. The highest BCUT2D eigenvalue weighted by Gasteiger charge is 2.35. The van der Waals surface area contributed by atoms with Crippen LogP contribution in [0.25, 0.3) is 0 Å². The lowest BCUT2D eigenvalue weighted by atomic mass is 10.0. The summed E-state index contributed by atoms with van der Waals surface area (Å²) in [6.07, 6.45) is 4.60. The normalized spacial score (nSPS) is 19.5. The molecule has 2 aromatic rings. The Labute approximate surface area is 161 Å². The van der Waals surface area contributed by atoms with E-state index in [2.05, 4.69) is 10.3 Å². The topological polar surface area (TPSA) is 62.3 Å². The SMILES string of the molecule is Cc1ccc(N2CC(C(=O)Nc3nc4c(s3)CCCC4)CC2=O)cc1Cl. The second-order valence-corrected chi connectivity index (χ2v) is 8.41. The number of rotatable bonds is 3. The molecule has 0 spiro atoms. The van der Waals surface area contributed by atoms with Crippen molar-refractivity contribution in [1.29, 1.82) is 0 Å². The quantitative estimate of drug-likeness (QED) is 0.863. The molecule has 2 aliphatic rings. The zero-order valence-corrected chi connectivity index (χ0v) is 16.1. The number of hydrogen-bond donors (Lipinski definition) is 1. The second-order valence-electron chi connectivity index (χ2n) is 6.92. The minimum atomic E-state index is -0.372. The van der Waals surface area contributed by atoms with Crippen molar-refractivity contribution in [3.63, 3.8) is 0 Å². The van der Waals surface area contributed by atoms with E-state index in [9.17, 15) is 9.59 Å². The highest BCUT2D eigenvalue weighted by atomic mass is 35.5. The number of aryl methyl sites for hydroxylation is 3. The first-order valence-electron chi connectivity index (χ1n) is 8.87. The summed E-state index contributed by atoms with van der Waals surface area (Å²) in [7, 11) is 0. The van der Waals surface area contributed by atoms with Crippen molar-refractivity contribution in [3.05, 3.63) is 39.4 Å². The number of aromatic nitrogens is 1. The van der Waals surface area contributed by atoms with E-state index in [1.54, 1.807) is 22.3 Å². The van der Waals surface area contributed by atoms with Gasteiger partial charge >= 0.3 is 0 Å². The van der Waals surface area contributed by atoms with Gasteiger partial charge in [0.25, 0.3) is 0 Å².